The highest BCUT2D eigenvalue weighted by Gasteiger charge is 2.03. The van der Waals surface area contributed by atoms with E-state index in [1.54, 1.807) is 10.9 Å². The van der Waals surface area contributed by atoms with Gasteiger partial charge in [-0.15, -0.1) is 0 Å². The zero-order chi connectivity index (χ0) is 12.4. The summed E-state index contributed by atoms with van der Waals surface area (Å²) >= 11 is 4.97. The predicted octanol–water partition coefficient (Wildman–Crippen LogP) is 2.11. The quantitative estimate of drug-likeness (QED) is 0.814. The molecule has 0 atom stereocenters. The molecule has 1 aromatic carbocycles. The van der Waals surface area contributed by atoms with E-state index in [4.69, 9.17) is 18.0 Å². The number of nitrogens with one attached hydrogen (secondary N) is 1. The molecule has 1 aromatic heterocycles. The van der Waals surface area contributed by atoms with Gasteiger partial charge in [0.2, 0.25) is 0 Å². The van der Waals surface area contributed by atoms with Crippen LogP contribution in [0.3, 0.4) is 0 Å². The van der Waals surface area contributed by atoms with E-state index >= 15 is 0 Å². The lowest BCUT2D eigenvalue weighted by Gasteiger charge is -2.08. The van der Waals surface area contributed by atoms with Crippen LogP contribution in [0.1, 0.15) is 11.1 Å². The fourth-order valence-corrected chi connectivity index (χ4v) is 1.90. The summed E-state index contributed by atoms with van der Waals surface area (Å²) in [6.45, 7) is 1.99. The Hall–Kier alpha value is -1.88. The van der Waals surface area contributed by atoms with Crippen molar-refractivity contribution in [1.29, 1.82) is 0 Å². The second-order valence-electron chi connectivity index (χ2n) is 3.92. The van der Waals surface area contributed by atoms with Crippen LogP contribution in [0, 0.1) is 6.92 Å². The Labute approximate surface area is 105 Å². The van der Waals surface area contributed by atoms with E-state index in [0.717, 1.165) is 22.5 Å². The second kappa shape index (κ2) is 4.55. The average molecular weight is 246 g/mol. The van der Waals surface area contributed by atoms with Gasteiger partial charge in [-0.1, -0.05) is 12.2 Å². The molecule has 2 rings (SSSR count). The molecule has 5 heteroatoms. The van der Waals surface area contributed by atoms with Gasteiger partial charge in [0, 0.05) is 24.5 Å². The van der Waals surface area contributed by atoms with Gasteiger partial charge < -0.3 is 11.1 Å². The Morgan fingerprint density at radius 1 is 1.41 bits per heavy atom. The molecule has 0 aliphatic heterocycles. The molecule has 0 fully saturated rings. The summed E-state index contributed by atoms with van der Waals surface area (Å²) in [4.78, 5) is 0.426. The molecule has 88 valence electrons. The maximum Gasteiger partial charge on any atom is 0.104 e. The monoisotopic (exact) mass is 246 g/mol. The van der Waals surface area contributed by atoms with E-state index in [1.165, 1.54) is 0 Å². The first-order valence-corrected chi connectivity index (χ1v) is 5.63. The van der Waals surface area contributed by atoms with E-state index in [0.29, 0.717) is 4.99 Å². The summed E-state index contributed by atoms with van der Waals surface area (Å²) in [5.41, 5.74) is 9.54. The lowest BCUT2D eigenvalue weighted by molar-refractivity contribution is 0.768. The molecular formula is C12H14N4S. The lowest BCUT2D eigenvalue weighted by atomic mass is 10.1. The van der Waals surface area contributed by atoms with E-state index in [1.807, 2.05) is 38.4 Å². The molecule has 0 unspecified atom stereocenters. The molecule has 4 nitrogen and oxygen atoms in total. The molecule has 0 spiro atoms. The molecule has 0 saturated carbocycles. The molecule has 0 saturated heterocycles. The minimum Gasteiger partial charge on any atom is -0.389 e. The summed E-state index contributed by atoms with van der Waals surface area (Å²) < 4.78 is 1.75. The maximum atomic E-state index is 5.62. The summed E-state index contributed by atoms with van der Waals surface area (Å²) in [7, 11) is 1.88. The Bertz CT molecular complexity index is 559. The molecule has 17 heavy (non-hydrogen) atoms. The van der Waals surface area contributed by atoms with Crippen LogP contribution < -0.4 is 11.1 Å². The fourth-order valence-electron chi connectivity index (χ4n) is 1.67. The number of hydrogen-bond donors (Lipinski definition) is 2. The van der Waals surface area contributed by atoms with Crippen LogP contribution in [0.4, 0.5) is 11.4 Å². The number of anilines is 2. The highest BCUT2D eigenvalue weighted by Crippen LogP contribution is 2.19. The number of aromatic nitrogens is 2. The SMILES string of the molecule is Cc1cc(Nc2cnn(C)c2)ccc1C(N)=S. The molecule has 0 amide bonds. The number of hydrogen-bond acceptors (Lipinski definition) is 3. The summed E-state index contributed by atoms with van der Waals surface area (Å²) in [5, 5.41) is 7.36. The van der Waals surface area contributed by atoms with Crippen LogP contribution in [0.5, 0.6) is 0 Å². The second-order valence-corrected chi connectivity index (χ2v) is 4.36. The smallest absolute Gasteiger partial charge is 0.104 e. The van der Waals surface area contributed by atoms with Crippen LogP contribution in [0.2, 0.25) is 0 Å². The van der Waals surface area contributed by atoms with Crippen LogP contribution in [-0.4, -0.2) is 14.8 Å². The van der Waals surface area contributed by atoms with E-state index in [2.05, 4.69) is 10.4 Å². The first kappa shape index (κ1) is 11.6. The average Bonchev–Trinajstić information content (AvgIpc) is 2.63. The van der Waals surface area contributed by atoms with Gasteiger partial charge in [0.15, 0.2) is 0 Å². The van der Waals surface area contributed by atoms with Crippen LogP contribution in [0.15, 0.2) is 30.6 Å². The zero-order valence-corrected chi connectivity index (χ0v) is 10.6. The van der Waals surface area contributed by atoms with Crippen molar-refractivity contribution in [3.05, 3.63) is 41.7 Å². The number of nitrogens with zero attached hydrogens (tertiary/aromatic N) is 2. The zero-order valence-electron chi connectivity index (χ0n) is 9.77. The minimum atomic E-state index is 0.426. The molecule has 2 aromatic rings. The highest BCUT2D eigenvalue weighted by atomic mass is 32.1. The highest BCUT2D eigenvalue weighted by molar-refractivity contribution is 7.80. The first-order valence-electron chi connectivity index (χ1n) is 5.22. The Kier molecular flexibility index (Phi) is 3.10. The van der Waals surface area contributed by atoms with E-state index in [-0.39, 0.29) is 0 Å². The Balaban J connectivity index is 2.23. The van der Waals surface area contributed by atoms with E-state index < -0.39 is 0 Å². The number of thiocarbonyl (C=S) groups is 1. The minimum absolute atomic E-state index is 0.426. The third-order valence-corrected chi connectivity index (χ3v) is 2.71. The van der Waals surface area contributed by atoms with Crippen molar-refractivity contribution in [2.45, 2.75) is 6.92 Å². The number of aryl methyl sites for hydroxylation is 2. The normalized spacial score (nSPS) is 10.2. The number of benzene rings is 1. The first-order chi connectivity index (χ1) is 8.06. The van der Waals surface area contributed by atoms with Gasteiger partial charge in [0.1, 0.15) is 4.99 Å². The molecule has 0 aliphatic rings. The van der Waals surface area contributed by atoms with Crippen molar-refractivity contribution in [2.75, 3.05) is 5.32 Å². The van der Waals surface area contributed by atoms with Crippen LogP contribution >= 0.6 is 12.2 Å². The Morgan fingerprint density at radius 2 is 2.18 bits per heavy atom. The van der Waals surface area contributed by atoms with Gasteiger partial charge in [0.25, 0.3) is 0 Å². The van der Waals surface area contributed by atoms with Gasteiger partial charge in [-0.05, 0) is 30.7 Å². The van der Waals surface area contributed by atoms with Crippen molar-refractivity contribution >= 4 is 28.6 Å². The largest absolute Gasteiger partial charge is 0.389 e. The van der Waals surface area contributed by atoms with Gasteiger partial charge in [-0.3, -0.25) is 4.68 Å². The molecular weight excluding hydrogens is 232 g/mol. The van der Waals surface area contributed by atoms with Crippen molar-refractivity contribution in [3.8, 4) is 0 Å². The van der Waals surface area contributed by atoms with Gasteiger partial charge in [-0.2, -0.15) is 5.10 Å². The Morgan fingerprint density at radius 3 is 2.71 bits per heavy atom. The molecule has 1 heterocycles. The van der Waals surface area contributed by atoms with E-state index in [9.17, 15) is 0 Å². The number of rotatable bonds is 3. The molecule has 3 N–H and O–H groups in total. The third kappa shape index (κ3) is 2.62. The fraction of sp³-hybridized carbons (Fsp3) is 0.167. The third-order valence-electron chi connectivity index (χ3n) is 2.49. The standard InChI is InChI=1S/C12H14N4S/c1-8-5-9(3-4-11(8)12(13)17)15-10-6-14-16(2)7-10/h3-7,15H,1-2H3,(H2,13,17). The molecule has 0 bridgehead atoms. The number of nitrogens with two attached hydrogens (primary N) is 1. The van der Waals surface area contributed by atoms with Crippen LogP contribution in [-0.2, 0) is 7.05 Å². The summed E-state index contributed by atoms with van der Waals surface area (Å²) in [6.07, 6.45) is 3.69. The van der Waals surface area contributed by atoms with Crippen molar-refractivity contribution < 1.29 is 0 Å². The lowest BCUT2D eigenvalue weighted by Crippen LogP contribution is -2.11. The summed E-state index contributed by atoms with van der Waals surface area (Å²) in [5.74, 6) is 0. The van der Waals surface area contributed by atoms with Crippen molar-refractivity contribution in [3.63, 3.8) is 0 Å². The van der Waals surface area contributed by atoms with Crippen molar-refractivity contribution in [1.82, 2.24) is 9.78 Å². The summed E-state index contributed by atoms with van der Waals surface area (Å²) in [6, 6.07) is 5.90. The predicted molar refractivity (Wildman–Crippen MR) is 73.6 cm³/mol. The maximum absolute atomic E-state index is 5.62. The van der Waals surface area contributed by atoms with Crippen LogP contribution in [0.25, 0.3) is 0 Å². The molecule has 0 radical (unpaired) electrons. The molecule has 0 aliphatic carbocycles. The van der Waals surface area contributed by atoms with Gasteiger partial charge >= 0.3 is 0 Å². The van der Waals surface area contributed by atoms with Gasteiger partial charge in [0.05, 0.1) is 11.9 Å². The topological polar surface area (TPSA) is 55.9 Å². The van der Waals surface area contributed by atoms with Crippen molar-refractivity contribution in [2.24, 2.45) is 12.8 Å². The van der Waals surface area contributed by atoms with Gasteiger partial charge in [-0.25, -0.2) is 0 Å².